The van der Waals surface area contributed by atoms with Crippen molar-refractivity contribution >= 4 is 11.6 Å². The van der Waals surface area contributed by atoms with Crippen LogP contribution in [0.5, 0.6) is 0 Å². The fourth-order valence-corrected chi connectivity index (χ4v) is 2.34. The number of ketones is 2. The minimum Gasteiger partial charge on any atom is -0.293 e. The van der Waals surface area contributed by atoms with Gasteiger partial charge < -0.3 is 0 Å². The number of terminal acetylenes is 1. The molecule has 0 bridgehead atoms. The molecular weight excluding hydrogens is 212 g/mol. The molecule has 0 N–H and O–H groups in total. The first kappa shape index (κ1) is 11.3. The van der Waals surface area contributed by atoms with Gasteiger partial charge in [-0.05, 0) is 6.42 Å². The standard InChI is InChI=1S/C15H12O2/c1-3-9-15(10-4-2)13(16)11-7-5-6-8-12(11)14(15)17/h1,4-8H,2,9-10H2. The number of benzene rings is 1. The highest BCUT2D eigenvalue weighted by atomic mass is 16.2. The molecule has 0 radical (unpaired) electrons. The van der Waals surface area contributed by atoms with Crippen molar-refractivity contribution in [3.8, 4) is 12.3 Å². The quantitative estimate of drug-likeness (QED) is 0.449. The smallest absolute Gasteiger partial charge is 0.178 e. The van der Waals surface area contributed by atoms with Crippen molar-refractivity contribution < 1.29 is 9.59 Å². The van der Waals surface area contributed by atoms with Gasteiger partial charge in [-0.2, -0.15) is 0 Å². The molecule has 0 amide bonds. The maximum Gasteiger partial charge on any atom is 0.178 e. The molecule has 1 aromatic rings. The molecule has 1 aliphatic rings. The Hall–Kier alpha value is -2.14. The van der Waals surface area contributed by atoms with E-state index in [1.165, 1.54) is 0 Å². The summed E-state index contributed by atoms with van der Waals surface area (Å²) in [5.74, 6) is 2.10. The molecule has 0 aliphatic heterocycles. The van der Waals surface area contributed by atoms with E-state index >= 15 is 0 Å². The third-order valence-corrected chi connectivity index (χ3v) is 3.18. The zero-order valence-electron chi connectivity index (χ0n) is 9.40. The van der Waals surface area contributed by atoms with Crippen LogP contribution in [-0.4, -0.2) is 11.6 Å². The fourth-order valence-electron chi connectivity index (χ4n) is 2.34. The second-order valence-corrected chi connectivity index (χ2v) is 4.16. The van der Waals surface area contributed by atoms with Gasteiger partial charge in [-0.25, -0.2) is 0 Å². The zero-order chi connectivity index (χ0) is 12.5. The summed E-state index contributed by atoms with van der Waals surface area (Å²) >= 11 is 0. The number of fused-ring (bicyclic) bond motifs is 1. The molecular formula is C15H12O2. The highest BCUT2D eigenvalue weighted by Crippen LogP contribution is 2.42. The molecule has 0 atom stereocenters. The lowest BCUT2D eigenvalue weighted by atomic mass is 9.77. The normalized spacial score (nSPS) is 16.4. The Morgan fingerprint density at radius 3 is 2.18 bits per heavy atom. The SMILES string of the molecule is C#CCC1(CC=C)C(=O)c2ccccc2C1=O. The van der Waals surface area contributed by atoms with E-state index in [4.69, 9.17) is 6.42 Å². The van der Waals surface area contributed by atoms with E-state index in [1.807, 2.05) is 0 Å². The number of carbonyl (C=O) groups is 2. The summed E-state index contributed by atoms with van der Waals surface area (Å²) in [6.45, 7) is 3.61. The number of Topliss-reactive ketones (excluding diaryl/α,β-unsaturated/α-hetero) is 2. The molecule has 1 aliphatic carbocycles. The highest BCUT2D eigenvalue weighted by Gasteiger charge is 2.51. The van der Waals surface area contributed by atoms with Gasteiger partial charge in [-0.1, -0.05) is 30.3 Å². The summed E-state index contributed by atoms with van der Waals surface area (Å²) in [5.41, 5.74) is -0.149. The van der Waals surface area contributed by atoms with E-state index in [-0.39, 0.29) is 18.0 Å². The predicted molar refractivity (Wildman–Crippen MR) is 65.8 cm³/mol. The average Bonchev–Trinajstić information content (AvgIpc) is 2.54. The van der Waals surface area contributed by atoms with E-state index < -0.39 is 5.41 Å². The van der Waals surface area contributed by atoms with Crippen LogP contribution in [0, 0.1) is 17.8 Å². The van der Waals surface area contributed by atoms with Gasteiger partial charge in [0.15, 0.2) is 11.6 Å². The van der Waals surface area contributed by atoms with Crippen molar-refractivity contribution in [1.82, 2.24) is 0 Å². The molecule has 17 heavy (non-hydrogen) atoms. The summed E-state index contributed by atoms with van der Waals surface area (Å²) < 4.78 is 0. The molecule has 2 rings (SSSR count). The summed E-state index contributed by atoms with van der Waals surface area (Å²) in [7, 11) is 0. The maximum absolute atomic E-state index is 12.3. The van der Waals surface area contributed by atoms with Crippen molar-refractivity contribution in [2.75, 3.05) is 0 Å². The molecule has 0 unspecified atom stereocenters. The van der Waals surface area contributed by atoms with Crippen LogP contribution in [0.2, 0.25) is 0 Å². The van der Waals surface area contributed by atoms with E-state index in [1.54, 1.807) is 30.3 Å². The summed E-state index contributed by atoms with van der Waals surface area (Å²) in [5, 5.41) is 0. The van der Waals surface area contributed by atoms with Gasteiger partial charge in [-0.3, -0.25) is 9.59 Å². The molecule has 0 fully saturated rings. The molecule has 0 saturated heterocycles. The lowest BCUT2D eigenvalue weighted by Gasteiger charge is -2.21. The molecule has 0 heterocycles. The lowest BCUT2D eigenvalue weighted by Crippen LogP contribution is -2.32. The number of allylic oxidation sites excluding steroid dienone is 1. The minimum atomic E-state index is -1.11. The predicted octanol–water partition coefficient (Wildman–Crippen LogP) is 2.65. The summed E-state index contributed by atoms with van der Waals surface area (Å²) in [6.07, 6.45) is 7.30. The van der Waals surface area contributed by atoms with E-state index in [9.17, 15) is 9.59 Å². The Kier molecular flexibility index (Phi) is 2.69. The van der Waals surface area contributed by atoms with Crippen LogP contribution >= 0.6 is 0 Å². The monoisotopic (exact) mass is 224 g/mol. The second-order valence-electron chi connectivity index (χ2n) is 4.16. The summed E-state index contributed by atoms with van der Waals surface area (Å²) in [4.78, 5) is 24.7. The molecule has 0 saturated carbocycles. The van der Waals surface area contributed by atoms with E-state index in [0.29, 0.717) is 17.5 Å². The van der Waals surface area contributed by atoms with Crippen molar-refractivity contribution in [1.29, 1.82) is 0 Å². The van der Waals surface area contributed by atoms with Gasteiger partial charge >= 0.3 is 0 Å². The Bertz CT molecular complexity index is 511. The van der Waals surface area contributed by atoms with Crippen LogP contribution in [0.15, 0.2) is 36.9 Å². The first-order valence-electron chi connectivity index (χ1n) is 5.40. The van der Waals surface area contributed by atoms with Crippen molar-refractivity contribution in [3.05, 3.63) is 48.0 Å². The van der Waals surface area contributed by atoms with Crippen molar-refractivity contribution in [2.24, 2.45) is 5.41 Å². The summed E-state index contributed by atoms with van der Waals surface area (Å²) in [6, 6.07) is 6.86. The Labute approximate surface area is 100 Å². The van der Waals surface area contributed by atoms with E-state index in [2.05, 4.69) is 12.5 Å². The van der Waals surface area contributed by atoms with Gasteiger partial charge in [0, 0.05) is 17.5 Å². The number of rotatable bonds is 3. The van der Waals surface area contributed by atoms with Gasteiger partial charge in [0.05, 0.1) is 0 Å². The topological polar surface area (TPSA) is 34.1 Å². The van der Waals surface area contributed by atoms with Crippen LogP contribution in [0.3, 0.4) is 0 Å². The molecule has 0 aromatic heterocycles. The Morgan fingerprint density at radius 2 is 1.76 bits per heavy atom. The highest BCUT2D eigenvalue weighted by molar-refractivity contribution is 6.29. The van der Waals surface area contributed by atoms with Gasteiger partial charge in [0.2, 0.25) is 0 Å². The number of hydrogen-bond acceptors (Lipinski definition) is 2. The molecule has 2 nitrogen and oxygen atoms in total. The molecule has 1 aromatic carbocycles. The van der Waals surface area contributed by atoms with Crippen LogP contribution in [0.4, 0.5) is 0 Å². The van der Waals surface area contributed by atoms with Gasteiger partial charge in [0.25, 0.3) is 0 Å². The van der Waals surface area contributed by atoms with Crippen LogP contribution in [0.1, 0.15) is 33.6 Å². The Morgan fingerprint density at radius 1 is 1.24 bits per heavy atom. The average molecular weight is 224 g/mol. The Balaban J connectivity index is 2.60. The molecule has 2 heteroatoms. The molecule has 0 spiro atoms. The first-order chi connectivity index (χ1) is 8.17. The number of carbonyl (C=O) groups excluding carboxylic acids is 2. The van der Waals surface area contributed by atoms with Crippen LogP contribution in [-0.2, 0) is 0 Å². The first-order valence-corrected chi connectivity index (χ1v) is 5.40. The third-order valence-electron chi connectivity index (χ3n) is 3.18. The van der Waals surface area contributed by atoms with Gasteiger partial charge in [-0.15, -0.1) is 18.9 Å². The zero-order valence-corrected chi connectivity index (χ0v) is 9.40. The lowest BCUT2D eigenvalue weighted by molar-refractivity contribution is 0.0706. The van der Waals surface area contributed by atoms with Crippen molar-refractivity contribution in [2.45, 2.75) is 12.8 Å². The fraction of sp³-hybridized carbons (Fsp3) is 0.200. The van der Waals surface area contributed by atoms with Crippen molar-refractivity contribution in [3.63, 3.8) is 0 Å². The molecule has 84 valence electrons. The second kappa shape index (κ2) is 4.03. The number of hydrogen-bond donors (Lipinski definition) is 0. The van der Waals surface area contributed by atoms with Gasteiger partial charge in [0.1, 0.15) is 5.41 Å². The largest absolute Gasteiger partial charge is 0.293 e. The van der Waals surface area contributed by atoms with Crippen LogP contribution < -0.4 is 0 Å². The minimum absolute atomic E-state index is 0.130. The maximum atomic E-state index is 12.3. The van der Waals surface area contributed by atoms with E-state index in [0.717, 1.165) is 0 Å². The third kappa shape index (κ3) is 1.43. The van der Waals surface area contributed by atoms with Crippen LogP contribution in [0.25, 0.3) is 0 Å².